The zero-order valence-corrected chi connectivity index (χ0v) is 11.1. The average molecular weight is 238 g/mol. The van der Waals surface area contributed by atoms with Crippen LogP contribution >= 0.6 is 0 Å². The number of carboxylic acids is 1. The van der Waals surface area contributed by atoms with Gasteiger partial charge in [-0.3, -0.25) is 4.79 Å². The van der Waals surface area contributed by atoms with Crippen LogP contribution in [-0.2, 0) is 4.79 Å². The van der Waals surface area contributed by atoms with Gasteiger partial charge in [-0.05, 0) is 19.3 Å². The molecule has 98 valence electrons. The highest BCUT2D eigenvalue weighted by Gasteiger charge is 1.94. The van der Waals surface area contributed by atoms with E-state index >= 15 is 0 Å². The molecule has 0 heterocycles. The number of hydrogen-bond donors (Lipinski definition) is 1. The highest BCUT2D eigenvalue weighted by atomic mass is 16.4. The van der Waals surface area contributed by atoms with E-state index in [4.69, 9.17) is 5.11 Å². The van der Waals surface area contributed by atoms with Crippen LogP contribution < -0.4 is 0 Å². The molecule has 0 bridgehead atoms. The molecule has 0 radical (unpaired) electrons. The number of rotatable bonds is 10. The zero-order chi connectivity index (χ0) is 12.8. The Bertz CT molecular complexity index is 235. The Kier molecular flexibility index (Phi) is 12.3. The van der Waals surface area contributed by atoms with Gasteiger partial charge in [0.25, 0.3) is 0 Å². The molecule has 0 spiro atoms. The summed E-state index contributed by atoms with van der Waals surface area (Å²) in [7, 11) is 0. The fourth-order valence-electron chi connectivity index (χ4n) is 1.66. The van der Waals surface area contributed by atoms with Crippen molar-refractivity contribution in [1.82, 2.24) is 0 Å². The van der Waals surface area contributed by atoms with Gasteiger partial charge in [-0.1, -0.05) is 39.0 Å². The first-order valence-corrected chi connectivity index (χ1v) is 6.95. The molecule has 0 aliphatic heterocycles. The lowest BCUT2D eigenvalue weighted by molar-refractivity contribution is -0.137. The topological polar surface area (TPSA) is 37.3 Å². The van der Waals surface area contributed by atoms with Crippen LogP contribution in [0, 0.1) is 11.8 Å². The molecule has 0 aromatic carbocycles. The molecule has 0 aromatic heterocycles. The van der Waals surface area contributed by atoms with E-state index in [2.05, 4.69) is 18.8 Å². The summed E-state index contributed by atoms with van der Waals surface area (Å²) in [6.45, 7) is 2.23. The van der Waals surface area contributed by atoms with Crippen LogP contribution in [0.5, 0.6) is 0 Å². The lowest BCUT2D eigenvalue weighted by Crippen LogP contribution is -1.93. The first-order valence-electron chi connectivity index (χ1n) is 6.95. The Morgan fingerprint density at radius 2 is 1.41 bits per heavy atom. The van der Waals surface area contributed by atoms with E-state index in [-0.39, 0.29) is 0 Å². The number of carbonyl (C=O) groups is 1. The van der Waals surface area contributed by atoms with Gasteiger partial charge in [-0.15, -0.1) is 11.8 Å². The Hall–Kier alpha value is -0.970. The van der Waals surface area contributed by atoms with Gasteiger partial charge in [0.2, 0.25) is 0 Å². The van der Waals surface area contributed by atoms with Crippen LogP contribution in [0.2, 0.25) is 0 Å². The number of hydrogen-bond acceptors (Lipinski definition) is 1. The Morgan fingerprint density at radius 1 is 0.882 bits per heavy atom. The summed E-state index contributed by atoms with van der Waals surface area (Å²) in [5.41, 5.74) is 0. The molecule has 0 atom stereocenters. The maximum atomic E-state index is 10.3. The molecule has 2 nitrogen and oxygen atoms in total. The molecule has 0 unspecified atom stereocenters. The largest absolute Gasteiger partial charge is 0.481 e. The summed E-state index contributed by atoms with van der Waals surface area (Å²) in [5, 5.41) is 8.45. The second-order valence-electron chi connectivity index (χ2n) is 4.47. The van der Waals surface area contributed by atoms with Crippen molar-refractivity contribution >= 4 is 5.97 Å². The van der Waals surface area contributed by atoms with E-state index < -0.39 is 5.97 Å². The number of unbranched alkanes of at least 4 members (excludes halogenated alkanes) is 8. The van der Waals surface area contributed by atoms with E-state index in [9.17, 15) is 4.79 Å². The molecule has 17 heavy (non-hydrogen) atoms. The lowest BCUT2D eigenvalue weighted by atomic mass is 10.1. The maximum absolute atomic E-state index is 10.3. The quantitative estimate of drug-likeness (QED) is 0.453. The zero-order valence-electron chi connectivity index (χ0n) is 11.1. The van der Waals surface area contributed by atoms with Crippen LogP contribution in [0.15, 0.2) is 0 Å². The standard InChI is InChI=1S/C15H26O2/c1-2-3-4-5-6-7-8-9-10-11-12-13-14-15(16)17/h2-7,10-14H2,1H3,(H,16,17). The van der Waals surface area contributed by atoms with Crippen molar-refractivity contribution in [2.75, 3.05) is 0 Å². The Morgan fingerprint density at radius 3 is 1.94 bits per heavy atom. The molecule has 0 aliphatic carbocycles. The Labute approximate surface area is 106 Å². The van der Waals surface area contributed by atoms with Gasteiger partial charge >= 0.3 is 5.97 Å². The minimum absolute atomic E-state index is 0.296. The molecule has 0 fully saturated rings. The van der Waals surface area contributed by atoms with Gasteiger partial charge < -0.3 is 5.11 Å². The monoisotopic (exact) mass is 238 g/mol. The van der Waals surface area contributed by atoms with E-state index in [1.54, 1.807) is 0 Å². The maximum Gasteiger partial charge on any atom is 0.303 e. The lowest BCUT2D eigenvalue weighted by Gasteiger charge is -1.95. The molecule has 0 aromatic rings. The van der Waals surface area contributed by atoms with Crippen LogP contribution in [0.25, 0.3) is 0 Å². The average Bonchev–Trinajstić information content (AvgIpc) is 2.30. The summed E-state index contributed by atoms with van der Waals surface area (Å²) in [4.78, 5) is 10.3. The summed E-state index contributed by atoms with van der Waals surface area (Å²) in [6.07, 6.45) is 11.6. The van der Waals surface area contributed by atoms with Crippen LogP contribution in [0.3, 0.4) is 0 Å². The van der Waals surface area contributed by atoms with Crippen molar-refractivity contribution in [3.8, 4) is 11.8 Å². The number of aliphatic carboxylic acids is 1. The Balaban J connectivity index is 3.12. The first-order chi connectivity index (χ1) is 8.27. The van der Waals surface area contributed by atoms with Crippen molar-refractivity contribution in [3.63, 3.8) is 0 Å². The van der Waals surface area contributed by atoms with E-state index in [0.717, 1.165) is 32.1 Å². The minimum Gasteiger partial charge on any atom is -0.481 e. The normalized spacial score (nSPS) is 9.71. The number of carboxylic acid groups (broad SMARTS) is 1. The summed E-state index contributed by atoms with van der Waals surface area (Å²) >= 11 is 0. The van der Waals surface area contributed by atoms with Crippen LogP contribution in [0.4, 0.5) is 0 Å². The van der Waals surface area contributed by atoms with Gasteiger partial charge in [0, 0.05) is 19.3 Å². The highest BCUT2D eigenvalue weighted by molar-refractivity contribution is 5.66. The summed E-state index contributed by atoms with van der Waals surface area (Å²) in [6, 6.07) is 0. The van der Waals surface area contributed by atoms with Crippen molar-refractivity contribution in [2.45, 2.75) is 77.6 Å². The summed E-state index contributed by atoms with van der Waals surface area (Å²) < 4.78 is 0. The third-order valence-corrected chi connectivity index (χ3v) is 2.72. The van der Waals surface area contributed by atoms with Gasteiger partial charge in [0.15, 0.2) is 0 Å². The van der Waals surface area contributed by atoms with E-state index in [1.807, 2.05) is 0 Å². The molecule has 0 rings (SSSR count). The molecule has 0 amide bonds. The molecule has 0 saturated heterocycles. The third kappa shape index (κ3) is 15.0. The molecule has 0 saturated carbocycles. The van der Waals surface area contributed by atoms with Crippen molar-refractivity contribution in [3.05, 3.63) is 0 Å². The minimum atomic E-state index is -0.692. The first kappa shape index (κ1) is 16.0. The van der Waals surface area contributed by atoms with Crippen LogP contribution in [-0.4, -0.2) is 11.1 Å². The van der Waals surface area contributed by atoms with Crippen molar-refractivity contribution in [2.24, 2.45) is 0 Å². The van der Waals surface area contributed by atoms with Crippen molar-refractivity contribution < 1.29 is 9.90 Å². The highest BCUT2D eigenvalue weighted by Crippen LogP contribution is 2.05. The predicted octanol–water partition coefficient (Wildman–Crippen LogP) is 4.39. The predicted molar refractivity (Wildman–Crippen MR) is 71.9 cm³/mol. The van der Waals surface area contributed by atoms with Gasteiger partial charge in [0.1, 0.15) is 0 Å². The van der Waals surface area contributed by atoms with Crippen molar-refractivity contribution in [1.29, 1.82) is 0 Å². The van der Waals surface area contributed by atoms with Gasteiger partial charge in [-0.25, -0.2) is 0 Å². The molecule has 1 N–H and O–H groups in total. The third-order valence-electron chi connectivity index (χ3n) is 2.72. The second-order valence-corrected chi connectivity index (χ2v) is 4.47. The van der Waals surface area contributed by atoms with E-state index in [0.29, 0.717) is 6.42 Å². The van der Waals surface area contributed by atoms with Crippen LogP contribution in [0.1, 0.15) is 77.6 Å². The molecular formula is C15H26O2. The van der Waals surface area contributed by atoms with Gasteiger partial charge in [-0.2, -0.15) is 0 Å². The van der Waals surface area contributed by atoms with Gasteiger partial charge in [0.05, 0.1) is 0 Å². The molecule has 2 heteroatoms. The SMILES string of the molecule is CCCCCCCC#CCCCCCC(=O)O. The molecule has 0 aliphatic rings. The fraction of sp³-hybridized carbons (Fsp3) is 0.800. The second kappa shape index (κ2) is 13.1. The molecular weight excluding hydrogens is 212 g/mol. The fourth-order valence-corrected chi connectivity index (χ4v) is 1.66. The summed E-state index contributed by atoms with van der Waals surface area (Å²) in [5.74, 6) is 5.67. The van der Waals surface area contributed by atoms with E-state index in [1.165, 1.54) is 32.1 Å². The smallest absolute Gasteiger partial charge is 0.303 e.